The van der Waals surface area contributed by atoms with Gasteiger partial charge in [0.1, 0.15) is 5.75 Å². The number of ether oxygens (including phenoxy) is 1. The maximum atomic E-state index is 12.1. The fraction of sp³-hybridized carbons (Fsp3) is 0.263. The topological polar surface area (TPSA) is 67.4 Å². The minimum atomic E-state index is -0.265. The zero-order valence-electron chi connectivity index (χ0n) is 14.5. The molecule has 0 atom stereocenters. The van der Waals surface area contributed by atoms with Crippen LogP contribution in [0.5, 0.6) is 5.75 Å². The highest BCUT2D eigenvalue weighted by atomic mass is 79.9. The lowest BCUT2D eigenvalue weighted by molar-refractivity contribution is -0.118. The van der Waals surface area contributed by atoms with E-state index in [1.165, 1.54) is 0 Å². The quantitative estimate of drug-likeness (QED) is 0.747. The molecule has 2 amide bonds. The van der Waals surface area contributed by atoms with Crippen LogP contribution in [0.25, 0.3) is 0 Å². The molecule has 0 spiro atoms. The van der Waals surface area contributed by atoms with E-state index in [2.05, 4.69) is 26.6 Å². The van der Waals surface area contributed by atoms with Crippen LogP contribution in [0.15, 0.2) is 40.9 Å². The van der Waals surface area contributed by atoms with E-state index in [4.69, 9.17) is 4.74 Å². The summed E-state index contributed by atoms with van der Waals surface area (Å²) in [5.41, 5.74) is 3.18. The number of benzene rings is 2. The first kappa shape index (κ1) is 19.0. The van der Waals surface area contributed by atoms with Crippen LogP contribution in [0.1, 0.15) is 24.5 Å². The summed E-state index contributed by atoms with van der Waals surface area (Å²) in [4.78, 5) is 23.7. The number of nitrogens with one attached hydrogen (secondary N) is 2. The summed E-state index contributed by atoms with van der Waals surface area (Å²) in [7, 11) is 0. The van der Waals surface area contributed by atoms with Crippen molar-refractivity contribution in [1.29, 1.82) is 0 Å². The van der Waals surface area contributed by atoms with Crippen LogP contribution in [-0.4, -0.2) is 18.4 Å². The number of amides is 2. The van der Waals surface area contributed by atoms with Crippen molar-refractivity contribution in [3.05, 3.63) is 52.0 Å². The molecule has 0 aromatic heterocycles. The smallest absolute Gasteiger partial charge is 0.262 e. The van der Waals surface area contributed by atoms with Crippen molar-refractivity contribution in [3.8, 4) is 5.75 Å². The van der Waals surface area contributed by atoms with E-state index in [-0.39, 0.29) is 18.4 Å². The SMILES string of the molecule is CCC(=O)Nc1cc(NC(=O)COc2ccc(Br)cc2C)ccc1C. The minimum absolute atomic E-state index is 0.0689. The molecule has 6 heteroatoms. The van der Waals surface area contributed by atoms with E-state index in [0.29, 0.717) is 23.5 Å². The van der Waals surface area contributed by atoms with Crippen molar-refractivity contribution in [1.82, 2.24) is 0 Å². The largest absolute Gasteiger partial charge is 0.483 e. The monoisotopic (exact) mass is 404 g/mol. The van der Waals surface area contributed by atoms with Gasteiger partial charge in [0.15, 0.2) is 6.61 Å². The molecule has 0 bridgehead atoms. The van der Waals surface area contributed by atoms with Crippen LogP contribution in [0.3, 0.4) is 0 Å². The van der Waals surface area contributed by atoms with Crippen molar-refractivity contribution in [2.75, 3.05) is 17.2 Å². The molecule has 0 aliphatic rings. The van der Waals surface area contributed by atoms with Crippen molar-refractivity contribution in [3.63, 3.8) is 0 Å². The average molecular weight is 405 g/mol. The fourth-order valence-corrected chi connectivity index (χ4v) is 2.66. The van der Waals surface area contributed by atoms with E-state index in [1.54, 1.807) is 19.1 Å². The Balaban J connectivity index is 1.98. The summed E-state index contributed by atoms with van der Waals surface area (Å²) < 4.78 is 6.52. The van der Waals surface area contributed by atoms with Gasteiger partial charge in [-0.1, -0.05) is 28.9 Å². The first-order valence-electron chi connectivity index (χ1n) is 7.98. The van der Waals surface area contributed by atoms with Gasteiger partial charge < -0.3 is 15.4 Å². The Morgan fingerprint density at radius 2 is 1.76 bits per heavy atom. The Hall–Kier alpha value is -2.34. The summed E-state index contributed by atoms with van der Waals surface area (Å²) in [6, 6.07) is 11.0. The van der Waals surface area contributed by atoms with Gasteiger partial charge in [0.05, 0.1) is 0 Å². The normalized spacial score (nSPS) is 10.2. The van der Waals surface area contributed by atoms with Crippen molar-refractivity contribution in [2.24, 2.45) is 0 Å². The number of halogens is 1. The number of rotatable bonds is 6. The second-order valence-corrected chi connectivity index (χ2v) is 6.59. The highest BCUT2D eigenvalue weighted by molar-refractivity contribution is 9.10. The highest BCUT2D eigenvalue weighted by Gasteiger charge is 2.08. The lowest BCUT2D eigenvalue weighted by Gasteiger charge is -2.12. The van der Waals surface area contributed by atoms with E-state index in [1.807, 2.05) is 38.1 Å². The molecule has 2 aromatic rings. The highest BCUT2D eigenvalue weighted by Crippen LogP contribution is 2.23. The Labute approximate surface area is 155 Å². The number of carbonyl (C=O) groups excluding carboxylic acids is 2. The van der Waals surface area contributed by atoms with Gasteiger partial charge >= 0.3 is 0 Å². The summed E-state index contributed by atoms with van der Waals surface area (Å²) in [6.07, 6.45) is 0.399. The summed E-state index contributed by atoms with van der Waals surface area (Å²) in [5, 5.41) is 5.60. The summed E-state index contributed by atoms with van der Waals surface area (Å²) >= 11 is 3.39. The summed E-state index contributed by atoms with van der Waals surface area (Å²) in [5.74, 6) is 0.331. The number of hydrogen-bond donors (Lipinski definition) is 2. The van der Waals surface area contributed by atoms with Gasteiger partial charge in [-0.15, -0.1) is 0 Å². The molecular formula is C19H21BrN2O3. The number of hydrogen-bond acceptors (Lipinski definition) is 3. The second-order valence-electron chi connectivity index (χ2n) is 5.68. The molecule has 2 rings (SSSR count). The van der Waals surface area contributed by atoms with Crippen LogP contribution in [0, 0.1) is 13.8 Å². The van der Waals surface area contributed by atoms with Crippen LogP contribution in [0.2, 0.25) is 0 Å². The third-order valence-corrected chi connectivity index (χ3v) is 4.11. The zero-order chi connectivity index (χ0) is 18.4. The first-order chi connectivity index (χ1) is 11.9. The molecule has 0 aliphatic heterocycles. The van der Waals surface area contributed by atoms with Gasteiger partial charge in [-0.2, -0.15) is 0 Å². The first-order valence-corrected chi connectivity index (χ1v) is 8.77. The maximum absolute atomic E-state index is 12.1. The molecule has 0 fully saturated rings. The molecule has 132 valence electrons. The predicted molar refractivity (Wildman–Crippen MR) is 103 cm³/mol. The van der Waals surface area contributed by atoms with Crippen LogP contribution < -0.4 is 15.4 Å². The molecule has 2 N–H and O–H groups in total. The Bertz CT molecular complexity index is 790. The van der Waals surface area contributed by atoms with Crippen molar-refractivity contribution in [2.45, 2.75) is 27.2 Å². The molecule has 0 unspecified atom stereocenters. The van der Waals surface area contributed by atoms with Crippen LogP contribution in [-0.2, 0) is 9.59 Å². The standard InChI is InChI=1S/C19H21BrN2O3/c1-4-18(23)22-16-10-15(7-5-12(16)2)21-19(24)11-25-17-8-6-14(20)9-13(17)3/h5-10H,4,11H2,1-3H3,(H,21,24)(H,22,23). The van der Waals surface area contributed by atoms with E-state index in [9.17, 15) is 9.59 Å². The van der Waals surface area contributed by atoms with Crippen molar-refractivity contribution < 1.29 is 14.3 Å². The molecule has 0 heterocycles. The maximum Gasteiger partial charge on any atom is 0.262 e. The Kier molecular flexibility index (Phi) is 6.58. The van der Waals surface area contributed by atoms with Gasteiger partial charge in [0, 0.05) is 22.3 Å². The average Bonchev–Trinajstić information content (AvgIpc) is 2.57. The lowest BCUT2D eigenvalue weighted by Crippen LogP contribution is -2.20. The van der Waals surface area contributed by atoms with Gasteiger partial charge in [0.25, 0.3) is 5.91 Å². The van der Waals surface area contributed by atoms with Gasteiger partial charge in [0.2, 0.25) is 5.91 Å². The fourth-order valence-electron chi connectivity index (χ4n) is 2.19. The Morgan fingerprint density at radius 3 is 2.44 bits per heavy atom. The van der Waals surface area contributed by atoms with Crippen LogP contribution in [0.4, 0.5) is 11.4 Å². The zero-order valence-corrected chi connectivity index (χ0v) is 16.1. The third-order valence-electron chi connectivity index (χ3n) is 3.61. The lowest BCUT2D eigenvalue weighted by atomic mass is 10.1. The van der Waals surface area contributed by atoms with Crippen molar-refractivity contribution >= 4 is 39.1 Å². The molecule has 5 nitrogen and oxygen atoms in total. The predicted octanol–water partition coefficient (Wildman–Crippen LogP) is 4.43. The minimum Gasteiger partial charge on any atom is -0.483 e. The number of aryl methyl sites for hydroxylation is 2. The number of anilines is 2. The van der Waals surface area contributed by atoms with E-state index < -0.39 is 0 Å². The molecule has 0 saturated heterocycles. The van der Waals surface area contributed by atoms with Crippen LogP contribution >= 0.6 is 15.9 Å². The third kappa shape index (κ3) is 5.60. The van der Waals surface area contributed by atoms with E-state index in [0.717, 1.165) is 15.6 Å². The second kappa shape index (κ2) is 8.67. The number of carbonyl (C=O) groups is 2. The van der Waals surface area contributed by atoms with Gasteiger partial charge in [-0.3, -0.25) is 9.59 Å². The molecule has 0 saturated carbocycles. The molecule has 2 aromatic carbocycles. The van der Waals surface area contributed by atoms with E-state index >= 15 is 0 Å². The van der Waals surface area contributed by atoms with Gasteiger partial charge in [-0.05, 0) is 55.3 Å². The molecule has 0 aliphatic carbocycles. The molecule has 0 radical (unpaired) electrons. The summed E-state index contributed by atoms with van der Waals surface area (Å²) in [6.45, 7) is 5.52. The van der Waals surface area contributed by atoms with Gasteiger partial charge in [-0.25, -0.2) is 0 Å². The Morgan fingerprint density at radius 1 is 1.00 bits per heavy atom. The molecular weight excluding hydrogens is 384 g/mol. The molecule has 25 heavy (non-hydrogen) atoms.